The minimum atomic E-state index is 0.258. The third-order valence-corrected chi connectivity index (χ3v) is 3.38. The molecule has 1 heteroatoms. The molecule has 1 aromatic carbocycles. The average molecular weight is 216 g/mol. The predicted octanol–water partition coefficient (Wildman–Crippen LogP) is 4.32. The summed E-state index contributed by atoms with van der Waals surface area (Å²) in [4.78, 5) is 0. The third-order valence-electron chi connectivity index (χ3n) is 2.75. The van der Waals surface area contributed by atoms with E-state index in [1.807, 2.05) is 6.07 Å². The predicted molar refractivity (Wildman–Crippen MR) is 69.2 cm³/mol. The molecule has 0 aromatic heterocycles. The van der Waals surface area contributed by atoms with Crippen molar-refractivity contribution in [3.05, 3.63) is 59.7 Å². The van der Waals surface area contributed by atoms with Crippen molar-refractivity contribution in [2.24, 2.45) is 0 Å². The Morgan fingerprint density at radius 1 is 1.13 bits per heavy atom. The van der Waals surface area contributed by atoms with Gasteiger partial charge in [0.2, 0.25) is 0 Å². The van der Waals surface area contributed by atoms with Crippen molar-refractivity contribution in [1.29, 1.82) is 0 Å². The molecule has 0 bridgehead atoms. The van der Waals surface area contributed by atoms with Crippen molar-refractivity contribution in [3.63, 3.8) is 0 Å². The average Bonchev–Trinajstić information content (AvgIpc) is 2.58. The maximum absolute atomic E-state index is 4.71. The highest BCUT2D eigenvalue weighted by molar-refractivity contribution is 7.80. The Morgan fingerprint density at radius 2 is 1.93 bits per heavy atom. The van der Waals surface area contributed by atoms with E-state index in [9.17, 15) is 0 Å². The van der Waals surface area contributed by atoms with Gasteiger partial charge in [-0.2, -0.15) is 12.6 Å². The van der Waals surface area contributed by atoms with Crippen molar-refractivity contribution in [2.75, 3.05) is 0 Å². The van der Waals surface area contributed by atoms with Crippen LogP contribution < -0.4 is 0 Å². The Hall–Kier alpha value is -0.950. The zero-order chi connectivity index (χ0) is 10.5. The van der Waals surface area contributed by atoms with Gasteiger partial charge in [-0.15, -0.1) is 0 Å². The molecule has 0 saturated carbocycles. The summed E-state index contributed by atoms with van der Waals surface area (Å²) in [5, 5.41) is 0.258. The molecule has 1 aromatic rings. The van der Waals surface area contributed by atoms with Crippen LogP contribution in [-0.2, 0) is 0 Å². The summed E-state index contributed by atoms with van der Waals surface area (Å²) >= 11 is 4.71. The summed E-state index contributed by atoms with van der Waals surface area (Å²) in [5.74, 6) is 0. The highest BCUT2D eigenvalue weighted by Gasteiger charge is 2.11. The molecular formula is C14H16S. The first-order valence-corrected chi connectivity index (χ1v) is 5.98. The highest BCUT2D eigenvalue weighted by Crippen LogP contribution is 2.32. The highest BCUT2D eigenvalue weighted by atomic mass is 32.1. The molecule has 0 amide bonds. The lowest BCUT2D eigenvalue weighted by atomic mass is 10.0. The Bertz CT molecular complexity index is 362. The number of hydrogen-bond donors (Lipinski definition) is 1. The molecule has 0 spiro atoms. The van der Waals surface area contributed by atoms with Gasteiger partial charge >= 0.3 is 0 Å². The van der Waals surface area contributed by atoms with E-state index < -0.39 is 0 Å². The zero-order valence-electron chi connectivity index (χ0n) is 8.76. The maximum Gasteiger partial charge on any atom is 0.0479 e. The molecular weight excluding hydrogens is 200 g/mol. The SMILES string of the molecule is SC(C1=CC=CCCC1)c1ccccc1. The smallest absolute Gasteiger partial charge is 0.0479 e. The first kappa shape index (κ1) is 10.6. The van der Waals surface area contributed by atoms with Gasteiger partial charge in [-0.05, 0) is 24.8 Å². The van der Waals surface area contributed by atoms with Crippen molar-refractivity contribution in [3.8, 4) is 0 Å². The number of benzene rings is 1. The Labute approximate surface area is 97.1 Å². The molecule has 2 rings (SSSR count). The van der Waals surface area contributed by atoms with Crippen LogP contribution in [0.3, 0.4) is 0 Å². The lowest BCUT2D eigenvalue weighted by Crippen LogP contribution is -1.95. The standard InChI is InChI=1S/C14H16S/c15-14(13-10-6-3-7-11-13)12-8-4-1-2-5-9-12/h1,3-4,6-8,10-11,14-15H,2,5,9H2. The largest absolute Gasteiger partial charge is 0.167 e. The maximum atomic E-state index is 4.71. The Kier molecular flexibility index (Phi) is 3.68. The summed E-state index contributed by atoms with van der Waals surface area (Å²) in [5.41, 5.74) is 2.72. The van der Waals surface area contributed by atoms with E-state index in [0.717, 1.165) is 6.42 Å². The van der Waals surface area contributed by atoms with E-state index in [-0.39, 0.29) is 5.25 Å². The summed E-state index contributed by atoms with van der Waals surface area (Å²) in [6, 6.07) is 10.5. The van der Waals surface area contributed by atoms with Crippen LogP contribution in [0.5, 0.6) is 0 Å². The molecule has 78 valence electrons. The van der Waals surface area contributed by atoms with Gasteiger partial charge in [-0.3, -0.25) is 0 Å². The molecule has 0 nitrogen and oxygen atoms in total. The molecule has 0 aliphatic heterocycles. The van der Waals surface area contributed by atoms with Crippen LogP contribution in [0.1, 0.15) is 30.1 Å². The zero-order valence-corrected chi connectivity index (χ0v) is 9.66. The first-order valence-electron chi connectivity index (χ1n) is 5.46. The monoisotopic (exact) mass is 216 g/mol. The number of allylic oxidation sites excluding steroid dienone is 3. The first-order chi connectivity index (χ1) is 7.38. The van der Waals surface area contributed by atoms with E-state index in [0.29, 0.717) is 0 Å². The Balaban J connectivity index is 2.17. The minimum absolute atomic E-state index is 0.258. The second kappa shape index (κ2) is 5.22. The topological polar surface area (TPSA) is 0 Å². The van der Waals surface area contributed by atoms with E-state index in [2.05, 4.69) is 42.5 Å². The summed E-state index contributed by atoms with van der Waals surface area (Å²) in [7, 11) is 0. The summed E-state index contributed by atoms with van der Waals surface area (Å²) < 4.78 is 0. The molecule has 1 unspecified atom stereocenters. The van der Waals surface area contributed by atoms with Crippen molar-refractivity contribution in [1.82, 2.24) is 0 Å². The van der Waals surface area contributed by atoms with Crippen molar-refractivity contribution >= 4 is 12.6 Å². The number of thiol groups is 1. The third kappa shape index (κ3) is 2.75. The molecule has 0 radical (unpaired) electrons. The van der Waals surface area contributed by atoms with E-state index in [1.54, 1.807) is 0 Å². The van der Waals surface area contributed by atoms with Gasteiger partial charge in [0.1, 0.15) is 0 Å². The van der Waals surface area contributed by atoms with Gasteiger partial charge in [0.15, 0.2) is 0 Å². The fraction of sp³-hybridized carbons (Fsp3) is 0.286. The van der Waals surface area contributed by atoms with E-state index in [4.69, 9.17) is 12.6 Å². The van der Waals surface area contributed by atoms with E-state index >= 15 is 0 Å². The molecule has 1 atom stereocenters. The normalized spacial score (nSPS) is 18.1. The van der Waals surface area contributed by atoms with Gasteiger partial charge in [-0.25, -0.2) is 0 Å². The molecule has 1 aliphatic rings. The van der Waals surface area contributed by atoms with Gasteiger partial charge in [0.25, 0.3) is 0 Å². The lowest BCUT2D eigenvalue weighted by Gasteiger charge is -2.14. The molecule has 0 heterocycles. The fourth-order valence-electron chi connectivity index (χ4n) is 1.87. The van der Waals surface area contributed by atoms with Crippen LogP contribution >= 0.6 is 12.6 Å². The summed E-state index contributed by atoms with van der Waals surface area (Å²) in [6.45, 7) is 0. The molecule has 0 N–H and O–H groups in total. The van der Waals surface area contributed by atoms with Gasteiger partial charge in [-0.1, -0.05) is 54.1 Å². The van der Waals surface area contributed by atoms with Crippen molar-refractivity contribution < 1.29 is 0 Å². The van der Waals surface area contributed by atoms with Crippen LogP contribution in [0.4, 0.5) is 0 Å². The Morgan fingerprint density at radius 3 is 2.73 bits per heavy atom. The van der Waals surface area contributed by atoms with Crippen LogP contribution in [0, 0.1) is 0 Å². The lowest BCUT2D eigenvalue weighted by molar-refractivity contribution is 0.816. The number of hydrogen-bond acceptors (Lipinski definition) is 1. The summed E-state index contributed by atoms with van der Waals surface area (Å²) in [6.07, 6.45) is 10.2. The number of rotatable bonds is 2. The fourth-order valence-corrected chi connectivity index (χ4v) is 2.26. The van der Waals surface area contributed by atoms with Gasteiger partial charge in [0.05, 0.1) is 0 Å². The van der Waals surface area contributed by atoms with Gasteiger partial charge < -0.3 is 0 Å². The van der Waals surface area contributed by atoms with Crippen LogP contribution in [0.25, 0.3) is 0 Å². The quantitative estimate of drug-likeness (QED) is 0.699. The van der Waals surface area contributed by atoms with Crippen molar-refractivity contribution in [2.45, 2.75) is 24.5 Å². The molecule has 15 heavy (non-hydrogen) atoms. The van der Waals surface area contributed by atoms with Crippen LogP contribution in [-0.4, -0.2) is 0 Å². The van der Waals surface area contributed by atoms with Gasteiger partial charge in [0, 0.05) is 5.25 Å². The second-order valence-electron chi connectivity index (χ2n) is 3.88. The second-order valence-corrected chi connectivity index (χ2v) is 4.39. The molecule has 0 saturated heterocycles. The molecule has 0 fully saturated rings. The minimum Gasteiger partial charge on any atom is -0.167 e. The molecule has 1 aliphatic carbocycles. The van der Waals surface area contributed by atoms with Crippen LogP contribution in [0.2, 0.25) is 0 Å². The van der Waals surface area contributed by atoms with Crippen LogP contribution in [0.15, 0.2) is 54.1 Å². The van der Waals surface area contributed by atoms with E-state index in [1.165, 1.54) is 24.0 Å².